The molecule has 0 saturated carbocycles. The van der Waals surface area contributed by atoms with Crippen molar-refractivity contribution < 1.29 is 17.9 Å². The summed E-state index contributed by atoms with van der Waals surface area (Å²) in [5.74, 6) is 0.713. The van der Waals surface area contributed by atoms with Gasteiger partial charge in [0.2, 0.25) is 15.9 Å². The molecule has 1 fully saturated rings. The van der Waals surface area contributed by atoms with Gasteiger partial charge >= 0.3 is 0 Å². The standard InChI is InChI=1S/C20H26N2O4S/c1-14(2)20(23)22-10-4-5-17(13-22)21-27(24,25)19-9-7-15-11-18(26-3)8-6-16(15)12-19/h6-9,11-12,14,17,21H,4-5,10,13H2,1-3H3. The number of ether oxygens (including phenoxy) is 1. The van der Waals surface area contributed by atoms with Crippen LogP contribution in [0.1, 0.15) is 26.7 Å². The molecule has 1 N–H and O–H groups in total. The van der Waals surface area contributed by atoms with Crippen LogP contribution in [-0.4, -0.2) is 45.5 Å². The first-order valence-electron chi connectivity index (χ1n) is 9.19. The fraction of sp³-hybridized carbons (Fsp3) is 0.450. The molecule has 1 saturated heterocycles. The molecular weight excluding hydrogens is 364 g/mol. The van der Waals surface area contributed by atoms with Crippen LogP contribution in [0.5, 0.6) is 5.75 Å². The zero-order chi connectivity index (χ0) is 19.6. The van der Waals surface area contributed by atoms with E-state index in [0.717, 1.165) is 29.4 Å². The first-order valence-corrected chi connectivity index (χ1v) is 10.7. The number of methoxy groups -OCH3 is 1. The zero-order valence-corrected chi connectivity index (χ0v) is 16.8. The van der Waals surface area contributed by atoms with E-state index in [1.165, 1.54) is 0 Å². The normalized spacial score (nSPS) is 18.1. The van der Waals surface area contributed by atoms with Crippen molar-refractivity contribution in [2.24, 2.45) is 5.92 Å². The summed E-state index contributed by atoms with van der Waals surface area (Å²) in [6.07, 6.45) is 1.52. The Hall–Kier alpha value is -2.12. The van der Waals surface area contributed by atoms with Crippen molar-refractivity contribution in [3.05, 3.63) is 36.4 Å². The smallest absolute Gasteiger partial charge is 0.240 e. The highest BCUT2D eigenvalue weighted by molar-refractivity contribution is 7.89. The molecule has 7 heteroatoms. The van der Waals surface area contributed by atoms with Crippen molar-refractivity contribution in [3.63, 3.8) is 0 Å². The molecule has 1 unspecified atom stereocenters. The number of sulfonamides is 1. The minimum atomic E-state index is -3.66. The second kappa shape index (κ2) is 7.86. The summed E-state index contributed by atoms with van der Waals surface area (Å²) in [6, 6.07) is 10.3. The molecule has 0 radical (unpaired) electrons. The third-order valence-corrected chi connectivity index (χ3v) is 6.40. The molecular formula is C20H26N2O4S. The van der Waals surface area contributed by atoms with Crippen molar-refractivity contribution in [2.45, 2.75) is 37.6 Å². The van der Waals surface area contributed by atoms with Gasteiger partial charge in [-0.05, 0) is 47.9 Å². The molecule has 0 bridgehead atoms. The second-order valence-electron chi connectivity index (χ2n) is 7.27. The van der Waals surface area contributed by atoms with Crippen LogP contribution in [0.15, 0.2) is 41.3 Å². The molecule has 146 valence electrons. The molecule has 1 amide bonds. The van der Waals surface area contributed by atoms with Crippen LogP contribution in [0, 0.1) is 5.92 Å². The predicted octanol–water partition coefficient (Wildman–Crippen LogP) is 2.77. The van der Waals surface area contributed by atoms with Crippen molar-refractivity contribution in [2.75, 3.05) is 20.2 Å². The fourth-order valence-electron chi connectivity index (χ4n) is 3.42. The van der Waals surface area contributed by atoms with Gasteiger partial charge in [0, 0.05) is 25.0 Å². The summed E-state index contributed by atoms with van der Waals surface area (Å²) in [6.45, 7) is 4.83. The van der Waals surface area contributed by atoms with E-state index in [1.807, 2.05) is 32.0 Å². The Balaban J connectivity index is 1.78. The minimum absolute atomic E-state index is 0.0681. The summed E-state index contributed by atoms with van der Waals surface area (Å²) in [5, 5.41) is 1.75. The van der Waals surface area contributed by atoms with E-state index in [4.69, 9.17) is 4.74 Å². The Labute approximate surface area is 160 Å². The summed E-state index contributed by atoms with van der Waals surface area (Å²) >= 11 is 0. The van der Waals surface area contributed by atoms with Gasteiger partial charge in [0.1, 0.15) is 5.75 Å². The first kappa shape index (κ1) is 19.6. The minimum Gasteiger partial charge on any atom is -0.497 e. The van der Waals surface area contributed by atoms with E-state index in [9.17, 15) is 13.2 Å². The maximum atomic E-state index is 12.8. The maximum absolute atomic E-state index is 12.8. The summed E-state index contributed by atoms with van der Waals surface area (Å²) in [7, 11) is -2.06. The second-order valence-corrected chi connectivity index (χ2v) is 8.99. The number of hydrogen-bond acceptors (Lipinski definition) is 4. The van der Waals surface area contributed by atoms with E-state index < -0.39 is 10.0 Å². The Morgan fingerprint density at radius 3 is 2.59 bits per heavy atom. The highest BCUT2D eigenvalue weighted by Crippen LogP contribution is 2.24. The van der Waals surface area contributed by atoms with Crippen LogP contribution >= 0.6 is 0 Å². The van der Waals surface area contributed by atoms with E-state index in [2.05, 4.69) is 4.72 Å². The number of nitrogens with one attached hydrogen (secondary N) is 1. The monoisotopic (exact) mass is 390 g/mol. The lowest BCUT2D eigenvalue weighted by Gasteiger charge is -2.34. The number of carbonyl (C=O) groups excluding carboxylic acids is 1. The summed E-state index contributed by atoms with van der Waals surface area (Å²) in [5.41, 5.74) is 0. The Kier molecular flexibility index (Phi) is 5.72. The molecule has 1 heterocycles. The van der Waals surface area contributed by atoms with Gasteiger partial charge in [-0.2, -0.15) is 0 Å². The number of piperidine rings is 1. The van der Waals surface area contributed by atoms with Gasteiger partial charge in [-0.1, -0.05) is 26.0 Å². The lowest BCUT2D eigenvalue weighted by atomic mass is 10.0. The molecule has 0 spiro atoms. The number of benzene rings is 2. The molecule has 2 aromatic rings. The summed E-state index contributed by atoms with van der Waals surface area (Å²) in [4.78, 5) is 14.2. The van der Waals surface area contributed by atoms with Gasteiger partial charge < -0.3 is 9.64 Å². The quantitative estimate of drug-likeness (QED) is 0.852. The van der Waals surface area contributed by atoms with E-state index in [1.54, 1.807) is 30.2 Å². The molecule has 6 nitrogen and oxygen atoms in total. The fourth-order valence-corrected chi connectivity index (χ4v) is 4.72. The lowest BCUT2D eigenvalue weighted by Crippen LogP contribution is -2.50. The highest BCUT2D eigenvalue weighted by atomic mass is 32.2. The molecule has 0 aliphatic carbocycles. The molecule has 1 aliphatic heterocycles. The maximum Gasteiger partial charge on any atom is 0.240 e. The number of hydrogen-bond donors (Lipinski definition) is 1. The van der Waals surface area contributed by atoms with Gasteiger partial charge in [-0.25, -0.2) is 13.1 Å². The van der Waals surface area contributed by atoms with Crippen molar-refractivity contribution >= 4 is 26.7 Å². The molecule has 1 aliphatic rings. The number of rotatable bonds is 5. The molecule has 3 rings (SSSR count). The topological polar surface area (TPSA) is 75.7 Å². The average Bonchev–Trinajstić information content (AvgIpc) is 2.66. The van der Waals surface area contributed by atoms with Crippen LogP contribution in [0.4, 0.5) is 0 Å². The Bertz CT molecular complexity index is 940. The number of fused-ring (bicyclic) bond motifs is 1. The summed E-state index contributed by atoms with van der Waals surface area (Å²) < 4.78 is 33.7. The number of carbonyl (C=O) groups is 1. The highest BCUT2D eigenvalue weighted by Gasteiger charge is 2.28. The van der Waals surface area contributed by atoms with E-state index in [0.29, 0.717) is 13.1 Å². The van der Waals surface area contributed by atoms with Crippen LogP contribution in [-0.2, 0) is 14.8 Å². The zero-order valence-electron chi connectivity index (χ0n) is 15.9. The van der Waals surface area contributed by atoms with Gasteiger partial charge in [0.25, 0.3) is 0 Å². The Morgan fingerprint density at radius 2 is 1.89 bits per heavy atom. The Morgan fingerprint density at radius 1 is 1.19 bits per heavy atom. The largest absolute Gasteiger partial charge is 0.497 e. The molecule has 0 aromatic heterocycles. The van der Waals surface area contributed by atoms with Crippen molar-refractivity contribution in [1.29, 1.82) is 0 Å². The van der Waals surface area contributed by atoms with Crippen LogP contribution in [0.25, 0.3) is 10.8 Å². The van der Waals surface area contributed by atoms with Crippen LogP contribution in [0.2, 0.25) is 0 Å². The van der Waals surface area contributed by atoms with Crippen LogP contribution in [0.3, 0.4) is 0 Å². The lowest BCUT2D eigenvalue weighted by molar-refractivity contribution is -0.135. The SMILES string of the molecule is COc1ccc2cc(S(=O)(=O)NC3CCCN(C(=O)C(C)C)C3)ccc2c1. The van der Waals surface area contributed by atoms with Crippen molar-refractivity contribution in [3.8, 4) is 5.75 Å². The third-order valence-electron chi connectivity index (χ3n) is 4.88. The van der Waals surface area contributed by atoms with Gasteiger partial charge in [0.15, 0.2) is 0 Å². The average molecular weight is 391 g/mol. The molecule has 2 aromatic carbocycles. The van der Waals surface area contributed by atoms with E-state index in [-0.39, 0.29) is 22.8 Å². The number of nitrogens with zero attached hydrogens (tertiary/aromatic N) is 1. The van der Waals surface area contributed by atoms with Crippen LogP contribution < -0.4 is 9.46 Å². The van der Waals surface area contributed by atoms with Gasteiger partial charge in [-0.15, -0.1) is 0 Å². The third kappa shape index (κ3) is 4.42. The van der Waals surface area contributed by atoms with Crippen molar-refractivity contribution in [1.82, 2.24) is 9.62 Å². The first-order chi connectivity index (χ1) is 12.8. The van der Waals surface area contributed by atoms with E-state index >= 15 is 0 Å². The van der Waals surface area contributed by atoms with Gasteiger partial charge in [0.05, 0.1) is 12.0 Å². The molecule has 1 atom stereocenters. The number of likely N-dealkylation sites (tertiary alicyclic amines) is 1. The predicted molar refractivity (Wildman–Crippen MR) is 105 cm³/mol. The van der Waals surface area contributed by atoms with Gasteiger partial charge in [-0.3, -0.25) is 4.79 Å². The number of amides is 1. The molecule has 27 heavy (non-hydrogen) atoms.